The van der Waals surface area contributed by atoms with E-state index in [1.165, 1.54) is 0 Å². The van der Waals surface area contributed by atoms with Gasteiger partial charge in [0, 0.05) is 37.3 Å². The molecule has 0 aliphatic heterocycles. The summed E-state index contributed by atoms with van der Waals surface area (Å²) in [6.07, 6.45) is 4.56. The number of nitrogens with two attached hydrogens (primary N) is 1. The van der Waals surface area contributed by atoms with E-state index in [1.54, 1.807) is 11.3 Å². The first kappa shape index (κ1) is 11.9. The van der Waals surface area contributed by atoms with Crippen molar-refractivity contribution in [2.24, 2.45) is 10.9 Å². The Morgan fingerprint density at radius 3 is 3.24 bits per heavy atom. The monoisotopic (exact) mass is 253 g/mol. The molecule has 0 saturated carbocycles. The van der Waals surface area contributed by atoms with Crippen LogP contribution in [0.25, 0.3) is 4.96 Å². The molecule has 17 heavy (non-hydrogen) atoms. The third-order valence-electron chi connectivity index (χ3n) is 2.45. The molecule has 0 aliphatic rings. The second kappa shape index (κ2) is 5.15. The van der Waals surface area contributed by atoms with Gasteiger partial charge in [-0.2, -0.15) is 0 Å². The molecule has 0 aromatic carbocycles. The number of nitrogens with zero attached hydrogens (tertiary/aromatic N) is 4. The van der Waals surface area contributed by atoms with E-state index in [4.69, 9.17) is 10.9 Å². The minimum Gasteiger partial charge on any atom is -0.409 e. The average Bonchev–Trinajstić information content (AvgIpc) is 2.86. The fraction of sp³-hybridized carbons (Fsp3) is 0.400. The molecule has 0 aliphatic carbocycles. The normalized spacial score (nSPS) is 12.7. The molecule has 0 radical (unpaired) electrons. The van der Waals surface area contributed by atoms with Gasteiger partial charge in [0.1, 0.15) is 5.84 Å². The zero-order valence-corrected chi connectivity index (χ0v) is 10.4. The quantitative estimate of drug-likeness (QED) is 0.360. The van der Waals surface area contributed by atoms with Crippen molar-refractivity contribution >= 4 is 22.1 Å². The zero-order valence-electron chi connectivity index (χ0n) is 9.58. The van der Waals surface area contributed by atoms with Crippen molar-refractivity contribution in [3.63, 3.8) is 0 Å². The predicted molar refractivity (Wildman–Crippen MR) is 67.4 cm³/mol. The molecule has 0 amide bonds. The third kappa shape index (κ3) is 2.95. The largest absolute Gasteiger partial charge is 0.409 e. The summed E-state index contributed by atoms with van der Waals surface area (Å²) in [4.78, 5) is 7.58. The maximum Gasteiger partial charge on any atom is 0.193 e. The molecule has 2 rings (SSSR count). The molecule has 0 unspecified atom stereocenters. The molecular weight excluding hydrogens is 238 g/mol. The van der Waals surface area contributed by atoms with Gasteiger partial charge in [-0.05, 0) is 7.05 Å². The molecule has 6 nitrogen and oxygen atoms in total. The van der Waals surface area contributed by atoms with E-state index in [0.717, 1.165) is 23.7 Å². The molecule has 92 valence electrons. The Bertz CT molecular complexity index is 489. The number of hydrogen-bond acceptors (Lipinski definition) is 5. The highest BCUT2D eigenvalue weighted by Crippen LogP contribution is 2.12. The summed E-state index contributed by atoms with van der Waals surface area (Å²) in [6.45, 7) is 1.49. The van der Waals surface area contributed by atoms with Crippen molar-refractivity contribution < 1.29 is 5.21 Å². The summed E-state index contributed by atoms with van der Waals surface area (Å²) < 4.78 is 2.01. The summed E-state index contributed by atoms with van der Waals surface area (Å²) >= 11 is 1.62. The van der Waals surface area contributed by atoms with Crippen LogP contribution in [0, 0.1) is 0 Å². The van der Waals surface area contributed by atoms with Gasteiger partial charge in [0.2, 0.25) is 0 Å². The van der Waals surface area contributed by atoms with Gasteiger partial charge in [-0.3, -0.25) is 4.40 Å². The van der Waals surface area contributed by atoms with Crippen LogP contribution in [0.3, 0.4) is 0 Å². The lowest BCUT2D eigenvalue weighted by atomic mass is 10.3. The number of amidine groups is 1. The predicted octanol–water partition coefficient (Wildman–Crippen LogP) is 0.964. The van der Waals surface area contributed by atoms with Crippen LogP contribution in [0.2, 0.25) is 0 Å². The summed E-state index contributed by atoms with van der Waals surface area (Å²) in [5.41, 5.74) is 6.44. The molecule has 0 atom stereocenters. The Morgan fingerprint density at radius 1 is 1.71 bits per heavy atom. The topological polar surface area (TPSA) is 79.1 Å². The van der Waals surface area contributed by atoms with Crippen LogP contribution in [0.1, 0.15) is 12.1 Å². The molecule has 2 aromatic rings. The van der Waals surface area contributed by atoms with Crippen molar-refractivity contribution in [2.75, 3.05) is 13.6 Å². The van der Waals surface area contributed by atoms with Crippen LogP contribution in [0.15, 0.2) is 22.9 Å². The smallest absolute Gasteiger partial charge is 0.193 e. The van der Waals surface area contributed by atoms with E-state index in [0.29, 0.717) is 6.42 Å². The Labute approximate surface area is 103 Å². The second-order valence-corrected chi connectivity index (χ2v) is 4.78. The van der Waals surface area contributed by atoms with Gasteiger partial charge < -0.3 is 15.8 Å². The van der Waals surface area contributed by atoms with Gasteiger partial charge >= 0.3 is 0 Å². The first-order chi connectivity index (χ1) is 8.19. The fourth-order valence-corrected chi connectivity index (χ4v) is 2.28. The standard InChI is InChI=1S/C10H15N5OS/c1-14(3-2-9(11)13-16)6-8-7-15-4-5-17-10(15)12-8/h4-5,7,16H,2-3,6H2,1H3,(H2,11,13). The molecule has 7 heteroatoms. The first-order valence-electron chi connectivity index (χ1n) is 5.25. The Hall–Kier alpha value is -1.60. The summed E-state index contributed by atoms with van der Waals surface area (Å²) in [7, 11) is 1.98. The van der Waals surface area contributed by atoms with E-state index in [1.807, 2.05) is 29.2 Å². The number of oxime groups is 1. The summed E-state index contributed by atoms with van der Waals surface area (Å²) in [6, 6.07) is 0. The molecule has 0 spiro atoms. The van der Waals surface area contributed by atoms with E-state index >= 15 is 0 Å². The van der Waals surface area contributed by atoms with Crippen molar-refractivity contribution in [2.45, 2.75) is 13.0 Å². The lowest BCUT2D eigenvalue weighted by Gasteiger charge is -2.14. The number of fused-ring (bicyclic) bond motifs is 1. The number of imidazole rings is 1. The number of hydrogen-bond donors (Lipinski definition) is 2. The fourth-order valence-electron chi connectivity index (χ4n) is 1.56. The Morgan fingerprint density at radius 2 is 2.53 bits per heavy atom. The summed E-state index contributed by atoms with van der Waals surface area (Å²) in [5, 5.41) is 13.4. The van der Waals surface area contributed by atoms with E-state index in [9.17, 15) is 0 Å². The van der Waals surface area contributed by atoms with Crippen LogP contribution >= 0.6 is 11.3 Å². The zero-order chi connectivity index (χ0) is 12.3. The minimum absolute atomic E-state index is 0.252. The van der Waals surface area contributed by atoms with Crippen LogP contribution in [-0.2, 0) is 6.54 Å². The molecule has 0 fully saturated rings. The summed E-state index contributed by atoms with van der Waals surface area (Å²) in [5.74, 6) is 0.252. The van der Waals surface area contributed by atoms with Crippen molar-refractivity contribution in [1.29, 1.82) is 0 Å². The van der Waals surface area contributed by atoms with Gasteiger partial charge in [0.05, 0.1) is 5.69 Å². The first-order valence-corrected chi connectivity index (χ1v) is 6.13. The van der Waals surface area contributed by atoms with Crippen molar-refractivity contribution in [3.8, 4) is 0 Å². The molecular formula is C10H15N5OS. The molecule has 2 aromatic heterocycles. The van der Waals surface area contributed by atoms with E-state index in [2.05, 4.69) is 15.0 Å². The third-order valence-corrected chi connectivity index (χ3v) is 3.22. The maximum absolute atomic E-state index is 8.44. The molecule has 3 N–H and O–H groups in total. The van der Waals surface area contributed by atoms with Gasteiger partial charge in [-0.1, -0.05) is 5.16 Å². The van der Waals surface area contributed by atoms with Crippen LogP contribution < -0.4 is 5.73 Å². The second-order valence-electron chi connectivity index (χ2n) is 3.90. The molecule has 0 bridgehead atoms. The lowest BCUT2D eigenvalue weighted by molar-refractivity contribution is 0.309. The molecule has 0 saturated heterocycles. The van der Waals surface area contributed by atoms with Crippen molar-refractivity contribution in [3.05, 3.63) is 23.5 Å². The molecule has 2 heterocycles. The Kier molecular flexibility index (Phi) is 3.60. The highest BCUT2D eigenvalue weighted by molar-refractivity contribution is 7.15. The van der Waals surface area contributed by atoms with Crippen LogP contribution in [-0.4, -0.2) is 38.9 Å². The van der Waals surface area contributed by atoms with Gasteiger partial charge in [0.15, 0.2) is 4.96 Å². The van der Waals surface area contributed by atoms with E-state index < -0.39 is 0 Å². The number of thiazole rings is 1. The van der Waals surface area contributed by atoms with Gasteiger partial charge in [-0.15, -0.1) is 11.3 Å². The number of aromatic nitrogens is 2. The highest BCUT2D eigenvalue weighted by atomic mass is 32.1. The van der Waals surface area contributed by atoms with Gasteiger partial charge in [0.25, 0.3) is 0 Å². The Balaban J connectivity index is 1.90. The SMILES string of the molecule is CN(CC/C(N)=N/O)Cc1cn2ccsc2n1. The van der Waals surface area contributed by atoms with Crippen LogP contribution in [0.5, 0.6) is 0 Å². The van der Waals surface area contributed by atoms with Gasteiger partial charge in [-0.25, -0.2) is 4.98 Å². The number of rotatable bonds is 5. The maximum atomic E-state index is 8.44. The van der Waals surface area contributed by atoms with E-state index in [-0.39, 0.29) is 5.84 Å². The van der Waals surface area contributed by atoms with Crippen LogP contribution in [0.4, 0.5) is 0 Å². The van der Waals surface area contributed by atoms with Crippen molar-refractivity contribution in [1.82, 2.24) is 14.3 Å². The average molecular weight is 253 g/mol. The highest BCUT2D eigenvalue weighted by Gasteiger charge is 2.06. The minimum atomic E-state index is 0.252. The lowest BCUT2D eigenvalue weighted by Crippen LogP contribution is -2.24.